The van der Waals surface area contributed by atoms with Gasteiger partial charge in [0, 0.05) is 24.4 Å². The average Bonchev–Trinajstić information content (AvgIpc) is 3.30. The fourth-order valence-electron chi connectivity index (χ4n) is 5.78. The Morgan fingerprint density at radius 3 is 2.67 bits per heavy atom. The number of nitrogens with zero attached hydrogens (tertiary/aromatic N) is 3. The molecule has 2 saturated heterocycles. The van der Waals surface area contributed by atoms with E-state index in [-0.39, 0.29) is 17.6 Å². The highest BCUT2D eigenvalue weighted by atomic mass is 16.3. The summed E-state index contributed by atoms with van der Waals surface area (Å²) in [6.45, 7) is 5.22. The van der Waals surface area contributed by atoms with Gasteiger partial charge in [-0.05, 0) is 68.9 Å². The van der Waals surface area contributed by atoms with Crippen LogP contribution in [0.15, 0.2) is 43.0 Å². The Morgan fingerprint density at radius 2 is 1.93 bits per heavy atom. The summed E-state index contributed by atoms with van der Waals surface area (Å²) in [6.07, 6.45) is 10.0. The fourth-order valence-corrected chi connectivity index (χ4v) is 5.78. The molecule has 0 amide bonds. The van der Waals surface area contributed by atoms with E-state index in [2.05, 4.69) is 50.2 Å². The number of rotatable bonds is 3. The number of likely N-dealkylation sites (tertiary alicyclic amines) is 1. The first kappa shape index (κ1) is 17.4. The van der Waals surface area contributed by atoms with Crippen molar-refractivity contribution in [2.75, 3.05) is 26.2 Å². The molecule has 2 fully saturated rings. The summed E-state index contributed by atoms with van der Waals surface area (Å²) in [7, 11) is 0. The van der Waals surface area contributed by atoms with Crippen LogP contribution in [0.25, 0.3) is 0 Å². The maximum absolute atomic E-state index is 11.5. The van der Waals surface area contributed by atoms with E-state index >= 15 is 0 Å². The van der Waals surface area contributed by atoms with Gasteiger partial charge in [-0.1, -0.05) is 24.3 Å². The summed E-state index contributed by atoms with van der Waals surface area (Å²) in [5.41, 5.74) is 2.73. The van der Waals surface area contributed by atoms with Crippen molar-refractivity contribution in [1.29, 1.82) is 0 Å². The molecule has 1 aliphatic carbocycles. The van der Waals surface area contributed by atoms with Gasteiger partial charge in [0.2, 0.25) is 0 Å². The highest BCUT2D eigenvalue weighted by molar-refractivity contribution is 5.45. The molecular weight excluding hydrogens is 336 g/mol. The number of aromatic nitrogens is 2. The lowest BCUT2D eigenvalue weighted by Gasteiger charge is -2.42. The number of hydrogen-bond donors (Lipinski definition) is 2. The minimum Gasteiger partial charge on any atom is -0.390 e. The fraction of sp³-hybridized carbons (Fsp3) is 0.591. The van der Waals surface area contributed by atoms with Crippen molar-refractivity contribution in [3.8, 4) is 0 Å². The van der Waals surface area contributed by atoms with Crippen LogP contribution in [-0.2, 0) is 12.0 Å². The summed E-state index contributed by atoms with van der Waals surface area (Å²) >= 11 is 0. The number of nitrogens with one attached hydrogen (secondary N) is 1. The normalized spacial score (nSPS) is 28.5. The van der Waals surface area contributed by atoms with Crippen LogP contribution in [0.2, 0.25) is 0 Å². The Labute approximate surface area is 161 Å². The standard InChI is InChI=1S/C22H30N4O/c27-21-20(26-12-5-17(6-13-26)15-25-14-11-24-16-25)18-3-1-2-4-19(18)22(21)7-9-23-10-8-22/h1-4,11,14,16-17,20-21,23,27H,5-10,12-13,15H2/t20-,21+/m0/s1. The monoisotopic (exact) mass is 366 g/mol. The zero-order valence-corrected chi connectivity index (χ0v) is 15.9. The van der Waals surface area contributed by atoms with Gasteiger partial charge in [-0.25, -0.2) is 4.98 Å². The predicted octanol–water partition coefficient (Wildman–Crippen LogP) is 2.33. The minimum absolute atomic E-state index is 0.0554. The van der Waals surface area contributed by atoms with Gasteiger partial charge < -0.3 is 15.0 Å². The van der Waals surface area contributed by atoms with Gasteiger partial charge in [0.1, 0.15) is 0 Å². The van der Waals surface area contributed by atoms with E-state index < -0.39 is 0 Å². The first-order valence-electron chi connectivity index (χ1n) is 10.5. The van der Waals surface area contributed by atoms with E-state index in [9.17, 15) is 5.11 Å². The lowest BCUT2D eigenvalue weighted by molar-refractivity contribution is -0.0136. The molecule has 3 heterocycles. The molecule has 0 unspecified atom stereocenters. The quantitative estimate of drug-likeness (QED) is 0.875. The van der Waals surface area contributed by atoms with Crippen molar-refractivity contribution in [2.45, 2.75) is 49.8 Å². The third kappa shape index (κ3) is 2.93. The topological polar surface area (TPSA) is 53.3 Å². The number of benzene rings is 1. The summed E-state index contributed by atoms with van der Waals surface area (Å²) in [6, 6.07) is 8.99. The second-order valence-corrected chi connectivity index (χ2v) is 8.62. The molecule has 5 rings (SSSR count). The highest BCUT2D eigenvalue weighted by Gasteiger charge is 2.53. The molecule has 2 aromatic rings. The molecule has 5 nitrogen and oxygen atoms in total. The Balaban J connectivity index is 1.35. The molecule has 2 atom stereocenters. The SMILES string of the molecule is O[C@@H]1[C@@H](N2CCC(Cn3ccnc3)CC2)c2ccccc2C12CCNCC2. The van der Waals surface area contributed by atoms with Gasteiger partial charge in [-0.15, -0.1) is 0 Å². The summed E-state index contributed by atoms with van der Waals surface area (Å²) in [4.78, 5) is 6.72. The van der Waals surface area contributed by atoms with Gasteiger partial charge in [0.05, 0.1) is 18.5 Å². The number of piperidine rings is 2. The van der Waals surface area contributed by atoms with Crippen LogP contribution in [0.4, 0.5) is 0 Å². The predicted molar refractivity (Wildman–Crippen MR) is 105 cm³/mol. The number of imidazole rings is 1. The summed E-state index contributed by atoms with van der Waals surface area (Å²) < 4.78 is 2.20. The summed E-state index contributed by atoms with van der Waals surface area (Å²) in [5, 5.41) is 15.0. The molecule has 3 aliphatic rings. The number of fused-ring (bicyclic) bond motifs is 2. The second-order valence-electron chi connectivity index (χ2n) is 8.62. The maximum Gasteiger partial charge on any atom is 0.0945 e. The molecule has 27 heavy (non-hydrogen) atoms. The molecule has 0 bridgehead atoms. The van der Waals surface area contributed by atoms with Gasteiger partial charge in [0.15, 0.2) is 0 Å². The van der Waals surface area contributed by atoms with Crippen LogP contribution in [0.1, 0.15) is 42.9 Å². The molecule has 1 aromatic heterocycles. The molecule has 5 heteroatoms. The smallest absolute Gasteiger partial charge is 0.0945 e. The van der Waals surface area contributed by atoms with E-state index in [0.717, 1.165) is 45.6 Å². The van der Waals surface area contributed by atoms with Crippen molar-refractivity contribution >= 4 is 0 Å². The van der Waals surface area contributed by atoms with E-state index in [4.69, 9.17) is 0 Å². The first-order valence-corrected chi connectivity index (χ1v) is 10.5. The van der Waals surface area contributed by atoms with Crippen LogP contribution in [0, 0.1) is 5.92 Å². The zero-order valence-electron chi connectivity index (χ0n) is 15.9. The number of hydrogen-bond acceptors (Lipinski definition) is 4. The van der Waals surface area contributed by atoms with Gasteiger partial charge in [-0.3, -0.25) is 4.90 Å². The van der Waals surface area contributed by atoms with E-state index in [0.29, 0.717) is 5.92 Å². The Hall–Kier alpha value is -1.69. The molecule has 144 valence electrons. The lowest BCUT2D eigenvalue weighted by atomic mass is 9.72. The minimum atomic E-state index is -0.290. The van der Waals surface area contributed by atoms with Crippen molar-refractivity contribution < 1.29 is 5.11 Å². The Kier molecular flexibility index (Phi) is 4.54. The highest BCUT2D eigenvalue weighted by Crippen LogP contribution is 2.52. The van der Waals surface area contributed by atoms with Gasteiger partial charge >= 0.3 is 0 Å². The molecule has 2 N–H and O–H groups in total. The van der Waals surface area contributed by atoms with Crippen molar-refractivity contribution in [3.63, 3.8) is 0 Å². The summed E-state index contributed by atoms with van der Waals surface area (Å²) in [5.74, 6) is 0.706. The van der Waals surface area contributed by atoms with E-state index in [1.165, 1.54) is 24.0 Å². The first-order chi connectivity index (χ1) is 13.3. The van der Waals surface area contributed by atoms with E-state index in [1.54, 1.807) is 0 Å². The molecule has 2 aliphatic heterocycles. The van der Waals surface area contributed by atoms with Crippen molar-refractivity contribution in [2.24, 2.45) is 5.92 Å². The van der Waals surface area contributed by atoms with Gasteiger partial charge in [0.25, 0.3) is 0 Å². The zero-order chi connectivity index (χ0) is 18.3. The largest absolute Gasteiger partial charge is 0.390 e. The van der Waals surface area contributed by atoms with Crippen LogP contribution in [-0.4, -0.2) is 51.8 Å². The number of aliphatic hydroxyl groups excluding tert-OH is 1. The molecule has 0 saturated carbocycles. The lowest BCUT2D eigenvalue weighted by Crippen LogP contribution is -2.49. The molecular formula is C22H30N4O. The molecule has 1 aromatic carbocycles. The molecule has 1 spiro atoms. The van der Waals surface area contributed by atoms with Crippen LogP contribution in [0.5, 0.6) is 0 Å². The van der Waals surface area contributed by atoms with Crippen LogP contribution < -0.4 is 5.32 Å². The van der Waals surface area contributed by atoms with Crippen molar-refractivity contribution in [3.05, 3.63) is 54.1 Å². The van der Waals surface area contributed by atoms with E-state index in [1.807, 2.05) is 12.5 Å². The van der Waals surface area contributed by atoms with Crippen molar-refractivity contribution in [1.82, 2.24) is 19.8 Å². The van der Waals surface area contributed by atoms with Crippen LogP contribution in [0.3, 0.4) is 0 Å². The van der Waals surface area contributed by atoms with Crippen LogP contribution >= 0.6 is 0 Å². The Morgan fingerprint density at radius 1 is 1.15 bits per heavy atom. The maximum atomic E-state index is 11.5. The van der Waals surface area contributed by atoms with Gasteiger partial charge in [-0.2, -0.15) is 0 Å². The third-order valence-corrected chi connectivity index (χ3v) is 7.25. The third-order valence-electron chi connectivity index (χ3n) is 7.25. The molecule has 0 radical (unpaired) electrons. The second kappa shape index (κ2) is 7.04. The average molecular weight is 367 g/mol. The Bertz CT molecular complexity index is 760. The number of aliphatic hydroxyl groups is 1.